The highest BCUT2D eigenvalue weighted by Gasteiger charge is 2.04. The van der Waals surface area contributed by atoms with E-state index in [9.17, 15) is 4.79 Å². The quantitative estimate of drug-likeness (QED) is 0.596. The second-order valence-electron chi connectivity index (χ2n) is 5.72. The van der Waals surface area contributed by atoms with Crippen molar-refractivity contribution in [3.63, 3.8) is 0 Å². The minimum atomic E-state index is -0.235. The van der Waals surface area contributed by atoms with E-state index in [0.717, 1.165) is 17.1 Å². The molecule has 3 aromatic rings. The Morgan fingerprint density at radius 3 is 1.93 bits per heavy atom. The molecule has 2 N–H and O–H groups in total. The minimum Gasteiger partial charge on any atom is -0.497 e. The molecule has 3 rings (SSSR count). The largest absolute Gasteiger partial charge is 0.497 e. The van der Waals surface area contributed by atoms with E-state index in [1.807, 2.05) is 48.5 Å². The molecule has 0 fully saturated rings. The number of methoxy groups -OCH3 is 1. The van der Waals surface area contributed by atoms with E-state index in [1.165, 1.54) is 0 Å². The standard InChI is InChI=1S/C21H19ClN2O3/c1-26-19-12-8-17(9-13-19)23-16-4-6-18(7-5-16)24-21(25)14-27-20-10-2-15(22)3-11-20/h2-13,23H,14H2,1H3,(H,24,25). The smallest absolute Gasteiger partial charge is 0.262 e. The van der Waals surface area contributed by atoms with Crippen molar-refractivity contribution in [1.82, 2.24) is 0 Å². The van der Waals surface area contributed by atoms with Gasteiger partial charge in [-0.05, 0) is 72.8 Å². The van der Waals surface area contributed by atoms with Crippen LogP contribution in [0.5, 0.6) is 11.5 Å². The monoisotopic (exact) mass is 382 g/mol. The van der Waals surface area contributed by atoms with Gasteiger partial charge in [-0.25, -0.2) is 0 Å². The lowest BCUT2D eigenvalue weighted by atomic mass is 10.2. The lowest BCUT2D eigenvalue weighted by molar-refractivity contribution is -0.118. The van der Waals surface area contributed by atoms with Crippen molar-refractivity contribution >= 4 is 34.6 Å². The Balaban J connectivity index is 1.50. The van der Waals surface area contributed by atoms with Crippen molar-refractivity contribution in [3.8, 4) is 11.5 Å². The van der Waals surface area contributed by atoms with Gasteiger partial charge in [-0.1, -0.05) is 11.6 Å². The second-order valence-corrected chi connectivity index (χ2v) is 6.16. The third-order valence-corrected chi connectivity index (χ3v) is 3.98. The van der Waals surface area contributed by atoms with Crippen molar-refractivity contribution in [2.45, 2.75) is 0 Å². The second kappa shape index (κ2) is 8.96. The molecule has 6 heteroatoms. The Kier molecular flexibility index (Phi) is 6.18. The molecule has 0 aliphatic carbocycles. The maximum absolute atomic E-state index is 12.0. The molecule has 0 unspecified atom stereocenters. The van der Waals surface area contributed by atoms with E-state index in [0.29, 0.717) is 16.5 Å². The lowest BCUT2D eigenvalue weighted by Crippen LogP contribution is -2.20. The summed E-state index contributed by atoms with van der Waals surface area (Å²) in [4.78, 5) is 12.0. The molecule has 0 aromatic heterocycles. The number of rotatable bonds is 7. The number of benzene rings is 3. The summed E-state index contributed by atoms with van der Waals surface area (Å²) >= 11 is 5.81. The fourth-order valence-electron chi connectivity index (χ4n) is 2.35. The SMILES string of the molecule is COc1ccc(Nc2ccc(NC(=O)COc3ccc(Cl)cc3)cc2)cc1. The average Bonchev–Trinajstić information content (AvgIpc) is 2.70. The summed E-state index contributed by atoms with van der Waals surface area (Å²) in [6.07, 6.45) is 0. The van der Waals surface area contributed by atoms with Gasteiger partial charge in [0.2, 0.25) is 0 Å². The molecule has 3 aromatic carbocycles. The van der Waals surface area contributed by atoms with Gasteiger partial charge in [-0.15, -0.1) is 0 Å². The molecule has 138 valence electrons. The topological polar surface area (TPSA) is 59.6 Å². The number of carbonyl (C=O) groups excluding carboxylic acids is 1. The molecule has 0 bridgehead atoms. The van der Waals surface area contributed by atoms with Crippen LogP contribution in [0.3, 0.4) is 0 Å². The van der Waals surface area contributed by atoms with Gasteiger partial charge in [0.05, 0.1) is 7.11 Å². The van der Waals surface area contributed by atoms with Gasteiger partial charge in [0.1, 0.15) is 11.5 Å². The van der Waals surface area contributed by atoms with Gasteiger partial charge in [0.25, 0.3) is 5.91 Å². The van der Waals surface area contributed by atoms with Crippen LogP contribution in [0.25, 0.3) is 0 Å². The third-order valence-electron chi connectivity index (χ3n) is 3.73. The number of anilines is 3. The fraction of sp³-hybridized carbons (Fsp3) is 0.0952. The lowest BCUT2D eigenvalue weighted by Gasteiger charge is -2.10. The molecular weight excluding hydrogens is 364 g/mol. The molecule has 0 atom stereocenters. The number of hydrogen-bond acceptors (Lipinski definition) is 4. The zero-order valence-corrected chi connectivity index (χ0v) is 15.5. The van der Waals surface area contributed by atoms with Crippen LogP contribution in [-0.2, 0) is 4.79 Å². The highest BCUT2D eigenvalue weighted by molar-refractivity contribution is 6.30. The van der Waals surface area contributed by atoms with Gasteiger partial charge in [-0.2, -0.15) is 0 Å². The molecule has 0 aliphatic rings. The van der Waals surface area contributed by atoms with E-state index < -0.39 is 0 Å². The Morgan fingerprint density at radius 2 is 1.33 bits per heavy atom. The summed E-state index contributed by atoms with van der Waals surface area (Å²) in [7, 11) is 1.63. The highest BCUT2D eigenvalue weighted by atomic mass is 35.5. The molecule has 1 amide bonds. The van der Waals surface area contributed by atoms with Crippen molar-refractivity contribution in [2.24, 2.45) is 0 Å². The number of carbonyl (C=O) groups is 1. The van der Waals surface area contributed by atoms with Gasteiger partial charge >= 0.3 is 0 Å². The number of nitrogens with one attached hydrogen (secondary N) is 2. The zero-order valence-electron chi connectivity index (χ0n) is 14.7. The van der Waals surface area contributed by atoms with Crippen LogP contribution < -0.4 is 20.1 Å². The Labute approximate surface area is 162 Å². The van der Waals surface area contributed by atoms with Crippen LogP contribution in [0, 0.1) is 0 Å². The van der Waals surface area contributed by atoms with Crippen LogP contribution in [0.4, 0.5) is 17.1 Å². The maximum Gasteiger partial charge on any atom is 0.262 e. The predicted molar refractivity (Wildman–Crippen MR) is 108 cm³/mol. The first-order valence-corrected chi connectivity index (χ1v) is 8.69. The van der Waals surface area contributed by atoms with E-state index >= 15 is 0 Å². The molecule has 0 saturated carbocycles. The van der Waals surface area contributed by atoms with Gasteiger partial charge in [-0.3, -0.25) is 4.79 Å². The summed E-state index contributed by atoms with van der Waals surface area (Å²) < 4.78 is 10.6. The Hall–Kier alpha value is -3.18. The van der Waals surface area contributed by atoms with Crippen LogP contribution in [0.2, 0.25) is 5.02 Å². The Morgan fingerprint density at radius 1 is 0.815 bits per heavy atom. The van der Waals surface area contributed by atoms with Crippen molar-refractivity contribution in [3.05, 3.63) is 77.8 Å². The van der Waals surface area contributed by atoms with E-state index in [4.69, 9.17) is 21.1 Å². The summed E-state index contributed by atoms with van der Waals surface area (Å²) in [5, 5.41) is 6.70. The maximum atomic E-state index is 12.0. The fourth-order valence-corrected chi connectivity index (χ4v) is 2.48. The molecule has 0 radical (unpaired) electrons. The van der Waals surface area contributed by atoms with E-state index in [-0.39, 0.29) is 12.5 Å². The number of halogens is 1. The number of ether oxygens (including phenoxy) is 2. The summed E-state index contributed by atoms with van der Waals surface area (Å²) in [6.45, 7) is -0.0759. The molecule has 0 heterocycles. The van der Waals surface area contributed by atoms with Gasteiger partial charge in [0.15, 0.2) is 6.61 Å². The zero-order chi connectivity index (χ0) is 19.1. The highest BCUT2D eigenvalue weighted by Crippen LogP contribution is 2.21. The first-order chi connectivity index (χ1) is 13.1. The van der Waals surface area contributed by atoms with Crippen LogP contribution >= 0.6 is 11.6 Å². The molecule has 0 spiro atoms. The van der Waals surface area contributed by atoms with Gasteiger partial charge in [0, 0.05) is 22.1 Å². The predicted octanol–water partition coefficient (Wildman–Crippen LogP) is 5.11. The number of amides is 1. The van der Waals surface area contributed by atoms with Crippen molar-refractivity contribution in [2.75, 3.05) is 24.4 Å². The summed E-state index contributed by atoms with van der Waals surface area (Å²) in [6, 6.07) is 21.9. The van der Waals surface area contributed by atoms with Crippen LogP contribution in [-0.4, -0.2) is 19.6 Å². The minimum absolute atomic E-state index is 0.0759. The first kappa shape index (κ1) is 18.6. The normalized spacial score (nSPS) is 10.1. The number of hydrogen-bond donors (Lipinski definition) is 2. The van der Waals surface area contributed by atoms with Gasteiger partial charge < -0.3 is 20.1 Å². The molecular formula is C21H19ClN2O3. The Bertz CT molecular complexity index is 879. The first-order valence-electron chi connectivity index (χ1n) is 8.32. The molecule has 0 saturated heterocycles. The van der Waals surface area contributed by atoms with Crippen LogP contribution in [0.1, 0.15) is 0 Å². The average molecular weight is 383 g/mol. The van der Waals surface area contributed by atoms with E-state index in [1.54, 1.807) is 31.4 Å². The van der Waals surface area contributed by atoms with Crippen LogP contribution in [0.15, 0.2) is 72.8 Å². The summed E-state index contributed by atoms with van der Waals surface area (Å²) in [5.74, 6) is 1.16. The van der Waals surface area contributed by atoms with Crippen molar-refractivity contribution < 1.29 is 14.3 Å². The van der Waals surface area contributed by atoms with Crippen molar-refractivity contribution in [1.29, 1.82) is 0 Å². The third kappa shape index (κ3) is 5.66. The molecule has 0 aliphatic heterocycles. The molecule has 5 nitrogen and oxygen atoms in total. The van der Waals surface area contributed by atoms with E-state index in [2.05, 4.69) is 10.6 Å². The summed E-state index contributed by atoms with van der Waals surface area (Å²) in [5.41, 5.74) is 2.56. The molecule has 27 heavy (non-hydrogen) atoms.